The van der Waals surface area contributed by atoms with E-state index in [-0.39, 0.29) is 11.1 Å². The zero-order valence-electron chi connectivity index (χ0n) is 16.6. The molecule has 0 saturated carbocycles. The van der Waals surface area contributed by atoms with Gasteiger partial charge in [-0.25, -0.2) is 9.97 Å². The minimum Gasteiger partial charge on any atom is -0.398 e. The van der Waals surface area contributed by atoms with Crippen LogP contribution in [0.5, 0.6) is 0 Å². The Morgan fingerprint density at radius 3 is 2.80 bits per heavy atom. The first kappa shape index (κ1) is 20.3. The number of nitrogens with two attached hydrogens (primary N) is 1. The molecule has 2 fully saturated rings. The molecule has 9 heteroatoms. The molecule has 0 atom stereocenters. The van der Waals surface area contributed by atoms with Gasteiger partial charge in [0.25, 0.3) is 11.1 Å². The van der Waals surface area contributed by atoms with Gasteiger partial charge in [-0.3, -0.25) is 19.9 Å². The van der Waals surface area contributed by atoms with Crippen LogP contribution in [0, 0.1) is 5.92 Å². The van der Waals surface area contributed by atoms with Crippen molar-refractivity contribution in [1.29, 1.82) is 0 Å². The van der Waals surface area contributed by atoms with Crippen LogP contribution in [0.25, 0.3) is 6.08 Å². The summed E-state index contributed by atoms with van der Waals surface area (Å²) in [4.78, 5) is 38.7. The first-order valence-electron chi connectivity index (χ1n) is 10.1. The molecule has 0 bridgehead atoms. The normalized spacial score (nSPS) is 18.8. The average Bonchev–Trinajstić information content (AvgIpc) is 3.07. The number of nitrogen functional groups attached to an aromatic ring is 1. The molecule has 2 aromatic rings. The molecule has 4 heterocycles. The van der Waals surface area contributed by atoms with Crippen molar-refractivity contribution < 1.29 is 9.59 Å². The number of hydrogen-bond donors (Lipinski definition) is 2. The molecular formula is C21H24N6O2S. The smallest absolute Gasteiger partial charge is 0.290 e. The van der Waals surface area contributed by atoms with E-state index in [9.17, 15) is 9.59 Å². The van der Waals surface area contributed by atoms with Crippen LogP contribution in [0.2, 0.25) is 0 Å². The fraction of sp³-hybridized carbons (Fsp3) is 0.381. The third-order valence-electron chi connectivity index (χ3n) is 5.48. The predicted molar refractivity (Wildman–Crippen MR) is 118 cm³/mol. The van der Waals surface area contributed by atoms with Crippen molar-refractivity contribution in [3.63, 3.8) is 0 Å². The van der Waals surface area contributed by atoms with Crippen molar-refractivity contribution in [1.82, 2.24) is 20.3 Å². The Kier molecular flexibility index (Phi) is 6.27. The largest absolute Gasteiger partial charge is 0.398 e. The van der Waals surface area contributed by atoms with Gasteiger partial charge in [-0.15, -0.1) is 0 Å². The number of nitrogens with one attached hydrogen (secondary N) is 1. The highest BCUT2D eigenvalue weighted by molar-refractivity contribution is 8.18. The molecule has 2 aliphatic heterocycles. The molecule has 0 aromatic carbocycles. The molecule has 2 aliphatic rings. The van der Waals surface area contributed by atoms with E-state index in [0.29, 0.717) is 22.5 Å². The van der Waals surface area contributed by atoms with Crippen LogP contribution in [-0.2, 0) is 11.2 Å². The van der Waals surface area contributed by atoms with E-state index in [0.717, 1.165) is 61.8 Å². The van der Waals surface area contributed by atoms with Crippen LogP contribution in [0.15, 0.2) is 35.6 Å². The average molecular weight is 425 g/mol. The summed E-state index contributed by atoms with van der Waals surface area (Å²) < 4.78 is 0. The van der Waals surface area contributed by atoms with E-state index in [2.05, 4.69) is 25.2 Å². The second-order valence-electron chi connectivity index (χ2n) is 7.53. The summed E-state index contributed by atoms with van der Waals surface area (Å²) in [5.74, 6) is 0.980. The Balaban J connectivity index is 1.29. The summed E-state index contributed by atoms with van der Waals surface area (Å²) in [5.41, 5.74) is 8.58. The number of thioether (sulfide) groups is 1. The van der Waals surface area contributed by atoms with Crippen molar-refractivity contribution in [3.05, 3.63) is 46.9 Å². The molecule has 2 aromatic heterocycles. The Bertz CT molecular complexity index is 971. The first-order chi connectivity index (χ1) is 14.6. The summed E-state index contributed by atoms with van der Waals surface area (Å²) in [5, 5.41) is 1.90. The van der Waals surface area contributed by atoms with Gasteiger partial charge in [0.05, 0.1) is 10.6 Å². The molecule has 156 valence electrons. The van der Waals surface area contributed by atoms with E-state index < -0.39 is 0 Å². The highest BCUT2D eigenvalue weighted by Crippen LogP contribution is 2.27. The quantitative estimate of drug-likeness (QED) is 0.680. The summed E-state index contributed by atoms with van der Waals surface area (Å²) >= 11 is 0.893. The SMILES string of the molecule is Nc1ccncc1CCCC1CCN(c2nccc(/C=C3\SC(=O)NC3=O)n2)CC1. The number of rotatable bonds is 6. The van der Waals surface area contributed by atoms with Gasteiger partial charge in [0.2, 0.25) is 5.95 Å². The van der Waals surface area contributed by atoms with Gasteiger partial charge >= 0.3 is 0 Å². The standard InChI is InChI=1S/C21H24N6O2S/c22-17-5-8-23-13-15(17)3-1-2-14-6-10-27(11-7-14)20-24-9-4-16(25-20)12-18-19(28)26-21(29)30-18/h4-5,8-9,12-14H,1-3,6-7,10-11H2,(H2,22,23)(H,26,28,29)/b18-12-. The topological polar surface area (TPSA) is 114 Å². The minimum atomic E-state index is -0.376. The highest BCUT2D eigenvalue weighted by Gasteiger charge is 2.25. The molecule has 4 rings (SSSR count). The van der Waals surface area contributed by atoms with Gasteiger partial charge in [-0.2, -0.15) is 0 Å². The lowest BCUT2D eigenvalue weighted by Gasteiger charge is -2.32. The molecule has 0 unspecified atom stereocenters. The maximum absolute atomic E-state index is 11.7. The molecule has 8 nitrogen and oxygen atoms in total. The monoisotopic (exact) mass is 424 g/mol. The molecule has 0 spiro atoms. The second-order valence-corrected chi connectivity index (χ2v) is 8.55. The number of nitrogens with zero attached hydrogens (tertiary/aromatic N) is 4. The molecule has 3 N–H and O–H groups in total. The van der Waals surface area contributed by atoms with Crippen molar-refractivity contribution in [2.45, 2.75) is 32.1 Å². The predicted octanol–water partition coefficient (Wildman–Crippen LogP) is 3.02. The summed E-state index contributed by atoms with van der Waals surface area (Å²) in [6, 6.07) is 3.59. The highest BCUT2D eigenvalue weighted by atomic mass is 32.2. The lowest BCUT2D eigenvalue weighted by molar-refractivity contribution is -0.115. The molecular weight excluding hydrogens is 400 g/mol. The number of amides is 2. The van der Waals surface area contributed by atoms with Crippen molar-refractivity contribution in [3.8, 4) is 0 Å². The zero-order valence-corrected chi connectivity index (χ0v) is 17.4. The Hall–Kier alpha value is -2.94. The summed E-state index contributed by atoms with van der Waals surface area (Å²) in [7, 11) is 0. The lowest BCUT2D eigenvalue weighted by Crippen LogP contribution is -2.35. The van der Waals surface area contributed by atoms with Crippen LogP contribution in [0.4, 0.5) is 16.4 Å². The second kappa shape index (κ2) is 9.25. The van der Waals surface area contributed by atoms with Crippen molar-refractivity contribution in [2.75, 3.05) is 23.7 Å². The minimum absolute atomic E-state index is 0.353. The van der Waals surface area contributed by atoms with E-state index in [1.807, 2.05) is 12.3 Å². The van der Waals surface area contributed by atoms with Crippen LogP contribution >= 0.6 is 11.8 Å². The fourth-order valence-corrected chi connectivity index (χ4v) is 4.47. The zero-order chi connectivity index (χ0) is 20.9. The third kappa shape index (κ3) is 4.96. The number of hydrogen-bond acceptors (Lipinski definition) is 8. The van der Waals surface area contributed by atoms with Crippen LogP contribution in [-0.4, -0.2) is 39.2 Å². The number of pyridine rings is 1. The molecule has 0 aliphatic carbocycles. The number of aromatic nitrogens is 3. The number of aryl methyl sites for hydroxylation is 1. The molecule has 30 heavy (non-hydrogen) atoms. The van der Waals surface area contributed by atoms with E-state index in [1.165, 1.54) is 6.42 Å². The van der Waals surface area contributed by atoms with Crippen LogP contribution < -0.4 is 16.0 Å². The number of carbonyl (C=O) groups is 2. The van der Waals surface area contributed by atoms with Crippen molar-refractivity contribution in [2.24, 2.45) is 5.92 Å². The Morgan fingerprint density at radius 1 is 1.23 bits per heavy atom. The maximum Gasteiger partial charge on any atom is 0.290 e. The van der Waals surface area contributed by atoms with Gasteiger partial charge in [0.1, 0.15) is 0 Å². The molecule has 2 saturated heterocycles. The summed E-state index contributed by atoms with van der Waals surface area (Å²) in [6.07, 6.45) is 12.4. The number of anilines is 2. The van der Waals surface area contributed by atoms with Gasteiger partial charge in [0.15, 0.2) is 0 Å². The number of carbonyl (C=O) groups excluding carboxylic acids is 2. The number of piperidine rings is 1. The van der Waals surface area contributed by atoms with Gasteiger partial charge in [0, 0.05) is 37.4 Å². The van der Waals surface area contributed by atoms with E-state index in [4.69, 9.17) is 5.73 Å². The first-order valence-corrected chi connectivity index (χ1v) is 10.9. The van der Waals surface area contributed by atoms with Gasteiger partial charge in [-0.05, 0) is 73.6 Å². The number of imide groups is 1. The van der Waals surface area contributed by atoms with E-state index in [1.54, 1.807) is 24.5 Å². The summed E-state index contributed by atoms with van der Waals surface area (Å²) in [6.45, 7) is 1.82. The Morgan fingerprint density at radius 2 is 2.07 bits per heavy atom. The van der Waals surface area contributed by atoms with Crippen molar-refractivity contribution >= 4 is 40.6 Å². The van der Waals surface area contributed by atoms with Gasteiger partial charge in [-0.1, -0.05) is 0 Å². The lowest BCUT2D eigenvalue weighted by atomic mass is 9.91. The fourth-order valence-electron chi connectivity index (χ4n) is 3.80. The van der Waals surface area contributed by atoms with Gasteiger partial charge < -0.3 is 10.6 Å². The maximum atomic E-state index is 11.7. The van der Waals surface area contributed by atoms with E-state index >= 15 is 0 Å². The Labute approximate surface area is 179 Å². The molecule has 2 amide bonds. The third-order valence-corrected chi connectivity index (χ3v) is 6.29. The van der Waals surface area contributed by atoms with Crippen LogP contribution in [0.1, 0.15) is 36.9 Å². The van der Waals surface area contributed by atoms with Crippen LogP contribution in [0.3, 0.4) is 0 Å². The molecule has 0 radical (unpaired) electrons.